The van der Waals surface area contributed by atoms with E-state index in [4.69, 9.17) is 9.15 Å². The zero-order chi connectivity index (χ0) is 13.0. The van der Waals surface area contributed by atoms with Crippen molar-refractivity contribution in [3.05, 3.63) is 47.7 Å². The molecule has 4 nitrogen and oxygen atoms in total. The summed E-state index contributed by atoms with van der Waals surface area (Å²) < 4.78 is 10.8. The zero-order valence-electron chi connectivity index (χ0n) is 10.9. The van der Waals surface area contributed by atoms with Crippen LogP contribution >= 0.6 is 0 Å². The first-order valence-corrected chi connectivity index (χ1v) is 6.04. The minimum Gasteiger partial charge on any atom is -0.495 e. The van der Waals surface area contributed by atoms with E-state index in [-0.39, 0.29) is 6.04 Å². The summed E-state index contributed by atoms with van der Waals surface area (Å²) in [6, 6.07) is 5.75. The van der Waals surface area contributed by atoms with Crippen molar-refractivity contribution in [3.8, 4) is 5.75 Å². The molecule has 2 aromatic rings. The van der Waals surface area contributed by atoms with Gasteiger partial charge in [0.2, 0.25) is 0 Å². The van der Waals surface area contributed by atoms with Gasteiger partial charge in [-0.05, 0) is 31.7 Å². The molecule has 1 unspecified atom stereocenters. The van der Waals surface area contributed by atoms with Crippen molar-refractivity contribution in [1.82, 2.24) is 10.3 Å². The smallest absolute Gasteiger partial charge is 0.142 e. The van der Waals surface area contributed by atoms with Crippen LogP contribution in [-0.2, 0) is 0 Å². The fourth-order valence-electron chi connectivity index (χ4n) is 2.04. The van der Waals surface area contributed by atoms with E-state index < -0.39 is 0 Å². The van der Waals surface area contributed by atoms with E-state index >= 15 is 0 Å². The van der Waals surface area contributed by atoms with Gasteiger partial charge in [0.1, 0.15) is 17.2 Å². The number of aromatic nitrogens is 1. The fraction of sp³-hybridized carbons (Fsp3) is 0.357. The third-order valence-electron chi connectivity index (χ3n) is 2.91. The van der Waals surface area contributed by atoms with Crippen molar-refractivity contribution >= 4 is 0 Å². The van der Waals surface area contributed by atoms with Gasteiger partial charge in [-0.1, -0.05) is 6.92 Å². The molecule has 0 bridgehead atoms. The van der Waals surface area contributed by atoms with Gasteiger partial charge in [0.15, 0.2) is 0 Å². The Bertz CT molecular complexity index is 508. The molecule has 1 N–H and O–H groups in total. The van der Waals surface area contributed by atoms with Crippen LogP contribution in [0.15, 0.2) is 35.1 Å². The quantitative estimate of drug-likeness (QED) is 0.881. The predicted molar refractivity (Wildman–Crippen MR) is 69.8 cm³/mol. The van der Waals surface area contributed by atoms with E-state index in [0.29, 0.717) is 0 Å². The molecular formula is C14H18N2O2. The van der Waals surface area contributed by atoms with Crippen LogP contribution in [0.25, 0.3) is 0 Å². The average Bonchev–Trinajstić information content (AvgIpc) is 2.82. The van der Waals surface area contributed by atoms with E-state index in [2.05, 4.69) is 17.2 Å². The number of aryl methyl sites for hydroxylation is 1. The summed E-state index contributed by atoms with van der Waals surface area (Å²) in [5.41, 5.74) is 1.97. The lowest BCUT2D eigenvalue weighted by molar-refractivity contribution is 0.399. The van der Waals surface area contributed by atoms with Crippen LogP contribution < -0.4 is 10.1 Å². The molecular weight excluding hydrogens is 228 g/mol. The van der Waals surface area contributed by atoms with Crippen LogP contribution in [0.2, 0.25) is 0 Å². The minimum absolute atomic E-state index is 0.00935. The highest BCUT2D eigenvalue weighted by Gasteiger charge is 2.21. The first-order valence-electron chi connectivity index (χ1n) is 6.04. The molecule has 2 aromatic heterocycles. The Balaban J connectivity index is 2.45. The van der Waals surface area contributed by atoms with Crippen molar-refractivity contribution < 1.29 is 9.15 Å². The van der Waals surface area contributed by atoms with E-state index in [1.54, 1.807) is 19.6 Å². The average molecular weight is 246 g/mol. The maximum atomic E-state index is 5.38. The third kappa shape index (κ3) is 2.38. The van der Waals surface area contributed by atoms with Crippen LogP contribution in [0, 0.1) is 6.92 Å². The number of nitrogens with zero attached hydrogens (tertiary/aromatic N) is 1. The Morgan fingerprint density at radius 3 is 2.89 bits per heavy atom. The van der Waals surface area contributed by atoms with Crippen molar-refractivity contribution in [1.29, 1.82) is 0 Å². The molecule has 0 aliphatic carbocycles. The second-order valence-corrected chi connectivity index (χ2v) is 4.01. The van der Waals surface area contributed by atoms with E-state index in [1.807, 2.05) is 25.1 Å². The summed E-state index contributed by atoms with van der Waals surface area (Å²) in [7, 11) is 1.66. The molecule has 0 aromatic carbocycles. The molecule has 0 saturated heterocycles. The van der Waals surface area contributed by atoms with Gasteiger partial charge in [0, 0.05) is 11.8 Å². The summed E-state index contributed by atoms with van der Waals surface area (Å²) in [6.07, 6.45) is 3.47. The molecule has 0 aliphatic heterocycles. The van der Waals surface area contributed by atoms with Crippen LogP contribution in [0.1, 0.15) is 30.0 Å². The molecule has 2 rings (SSSR count). The first kappa shape index (κ1) is 12.6. The fourth-order valence-corrected chi connectivity index (χ4v) is 2.04. The molecule has 0 saturated carbocycles. The largest absolute Gasteiger partial charge is 0.495 e. The highest BCUT2D eigenvalue weighted by Crippen LogP contribution is 2.30. The molecule has 0 fully saturated rings. The normalized spacial score (nSPS) is 12.4. The van der Waals surface area contributed by atoms with Crippen molar-refractivity contribution in [2.75, 3.05) is 13.7 Å². The van der Waals surface area contributed by atoms with Gasteiger partial charge >= 0.3 is 0 Å². The van der Waals surface area contributed by atoms with Crippen molar-refractivity contribution in [3.63, 3.8) is 0 Å². The molecule has 2 heterocycles. The summed E-state index contributed by atoms with van der Waals surface area (Å²) in [5.74, 6) is 1.68. The molecule has 96 valence electrons. The molecule has 0 amide bonds. The number of hydrogen-bond donors (Lipinski definition) is 1. The Morgan fingerprint density at radius 2 is 2.28 bits per heavy atom. The SMILES string of the molecule is CCNC(c1ccoc1C)c1ncccc1OC. The lowest BCUT2D eigenvalue weighted by atomic mass is 10.0. The lowest BCUT2D eigenvalue weighted by Crippen LogP contribution is -2.23. The molecule has 0 radical (unpaired) electrons. The molecule has 0 aliphatic rings. The predicted octanol–water partition coefficient (Wildman–Crippen LogP) is 2.69. The summed E-state index contributed by atoms with van der Waals surface area (Å²) >= 11 is 0. The summed E-state index contributed by atoms with van der Waals surface area (Å²) in [4.78, 5) is 4.44. The number of pyridine rings is 1. The topological polar surface area (TPSA) is 47.3 Å². The summed E-state index contributed by atoms with van der Waals surface area (Å²) in [6.45, 7) is 4.86. The third-order valence-corrected chi connectivity index (χ3v) is 2.91. The van der Waals surface area contributed by atoms with Gasteiger partial charge in [-0.15, -0.1) is 0 Å². The number of ether oxygens (including phenoxy) is 1. The van der Waals surface area contributed by atoms with Crippen LogP contribution in [0.5, 0.6) is 5.75 Å². The lowest BCUT2D eigenvalue weighted by Gasteiger charge is -2.19. The van der Waals surface area contributed by atoms with Crippen LogP contribution in [0.4, 0.5) is 0 Å². The van der Waals surface area contributed by atoms with E-state index in [0.717, 1.165) is 29.3 Å². The Labute approximate surface area is 107 Å². The second kappa shape index (κ2) is 5.69. The van der Waals surface area contributed by atoms with Gasteiger partial charge in [-0.3, -0.25) is 4.98 Å². The Kier molecular flexibility index (Phi) is 3.99. The Morgan fingerprint density at radius 1 is 1.44 bits per heavy atom. The summed E-state index contributed by atoms with van der Waals surface area (Å²) in [5, 5.41) is 3.41. The highest BCUT2D eigenvalue weighted by molar-refractivity contribution is 5.37. The van der Waals surface area contributed by atoms with Crippen molar-refractivity contribution in [2.24, 2.45) is 0 Å². The maximum absolute atomic E-state index is 5.38. The minimum atomic E-state index is -0.00935. The first-order chi connectivity index (χ1) is 8.77. The monoisotopic (exact) mass is 246 g/mol. The number of furan rings is 1. The zero-order valence-corrected chi connectivity index (χ0v) is 10.9. The van der Waals surface area contributed by atoms with Gasteiger partial charge in [-0.2, -0.15) is 0 Å². The second-order valence-electron chi connectivity index (χ2n) is 4.01. The molecule has 1 atom stereocenters. The number of rotatable bonds is 5. The number of methoxy groups -OCH3 is 1. The maximum Gasteiger partial charge on any atom is 0.142 e. The van der Waals surface area contributed by atoms with Gasteiger partial charge < -0.3 is 14.5 Å². The highest BCUT2D eigenvalue weighted by atomic mass is 16.5. The number of nitrogens with one attached hydrogen (secondary N) is 1. The number of hydrogen-bond acceptors (Lipinski definition) is 4. The van der Waals surface area contributed by atoms with Gasteiger partial charge in [-0.25, -0.2) is 0 Å². The molecule has 18 heavy (non-hydrogen) atoms. The van der Waals surface area contributed by atoms with Crippen LogP contribution in [-0.4, -0.2) is 18.6 Å². The van der Waals surface area contributed by atoms with E-state index in [9.17, 15) is 0 Å². The van der Waals surface area contributed by atoms with Crippen molar-refractivity contribution in [2.45, 2.75) is 19.9 Å². The van der Waals surface area contributed by atoms with Gasteiger partial charge in [0.25, 0.3) is 0 Å². The Hall–Kier alpha value is -1.81. The van der Waals surface area contributed by atoms with Gasteiger partial charge in [0.05, 0.1) is 19.4 Å². The van der Waals surface area contributed by atoms with Crippen LogP contribution in [0.3, 0.4) is 0 Å². The molecule has 4 heteroatoms. The van der Waals surface area contributed by atoms with E-state index in [1.165, 1.54) is 0 Å². The standard InChI is InChI=1S/C14H18N2O2/c1-4-15-13(11-7-9-18-10(11)2)14-12(17-3)6-5-8-16-14/h5-9,13,15H,4H2,1-3H3. The molecule has 0 spiro atoms.